The Balaban J connectivity index is 1.79. The molecule has 0 aliphatic carbocycles. The average molecular weight is 404 g/mol. The molecule has 4 aromatic rings. The van der Waals surface area contributed by atoms with Gasteiger partial charge in [0.25, 0.3) is 5.56 Å². The van der Waals surface area contributed by atoms with Crippen molar-refractivity contribution in [1.82, 2.24) is 9.13 Å². The molecule has 0 unspecified atom stereocenters. The van der Waals surface area contributed by atoms with Gasteiger partial charge in [-0.15, -0.1) is 11.3 Å². The van der Waals surface area contributed by atoms with Crippen LogP contribution >= 0.6 is 11.3 Å². The second-order valence-electron chi connectivity index (χ2n) is 7.17. The Labute approximate surface area is 171 Å². The molecule has 0 N–H and O–H groups in total. The predicted octanol–water partition coefficient (Wildman–Crippen LogP) is 3.77. The molecule has 6 heteroatoms. The summed E-state index contributed by atoms with van der Waals surface area (Å²) >= 11 is 1.28. The van der Waals surface area contributed by atoms with E-state index in [9.17, 15) is 14.4 Å². The van der Waals surface area contributed by atoms with Crippen LogP contribution in [0.4, 0.5) is 0 Å². The molecule has 0 radical (unpaired) electrons. The molecule has 29 heavy (non-hydrogen) atoms. The van der Waals surface area contributed by atoms with Crippen LogP contribution in [0.2, 0.25) is 0 Å². The standard InChI is InChI=1S/C23H20N2O3S/c1-15-3-7-17(8-4-15)13-25-22(27)21-19(11-12-29-21)24(23(25)28)14-20(26)18-9-5-16(2)6-10-18/h3-12H,13-14H2,1-2H3. The molecule has 0 fully saturated rings. The Kier molecular flexibility index (Phi) is 5.03. The number of carbonyl (C=O) groups excluding carboxylic acids is 1. The van der Waals surface area contributed by atoms with E-state index in [4.69, 9.17) is 0 Å². The van der Waals surface area contributed by atoms with Crippen molar-refractivity contribution < 1.29 is 4.79 Å². The largest absolute Gasteiger partial charge is 0.332 e. The topological polar surface area (TPSA) is 61.1 Å². The van der Waals surface area contributed by atoms with Gasteiger partial charge in [-0.25, -0.2) is 4.79 Å². The molecule has 0 saturated carbocycles. The lowest BCUT2D eigenvalue weighted by Crippen LogP contribution is -2.40. The first-order valence-electron chi connectivity index (χ1n) is 9.30. The summed E-state index contributed by atoms with van der Waals surface area (Å²) in [7, 11) is 0. The molecule has 0 amide bonds. The maximum Gasteiger partial charge on any atom is 0.332 e. The van der Waals surface area contributed by atoms with Crippen LogP contribution in [0.25, 0.3) is 10.2 Å². The van der Waals surface area contributed by atoms with Crippen LogP contribution in [-0.4, -0.2) is 14.9 Å². The number of carbonyl (C=O) groups is 1. The molecule has 0 aliphatic rings. The van der Waals surface area contributed by atoms with Crippen LogP contribution < -0.4 is 11.2 Å². The van der Waals surface area contributed by atoms with Crippen LogP contribution in [0.1, 0.15) is 27.0 Å². The summed E-state index contributed by atoms with van der Waals surface area (Å²) in [5.41, 5.74) is 3.29. The minimum Gasteiger partial charge on any atom is -0.292 e. The van der Waals surface area contributed by atoms with Gasteiger partial charge < -0.3 is 0 Å². The van der Waals surface area contributed by atoms with Crippen molar-refractivity contribution in [2.24, 2.45) is 0 Å². The van der Waals surface area contributed by atoms with E-state index in [1.807, 2.05) is 50.2 Å². The number of fused-ring (bicyclic) bond motifs is 1. The van der Waals surface area contributed by atoms with Crippen molar-refractivity contribution in [2.45, 2.75) is 26.9 Å². The molecule has 0 saturated heterocycles. The van der Waals surface area contributed by atoms with Gasteiger partial charge in [0.05, 0.1) is 18.6 Å². The molecule has 0 bridgehead atoms. The van der Waals surface area contributed by atoms with Crippen molar-refractivity contribution in [3.63, 3.8) is 0 Å². The first kappa shape index (κ1) is 19.1. The summed E-state index contributed by atoms with van der Waals surface area (Å²) in [6.07, 6.45) is 0. The van der Waals surface area contributed by atoms with Gasteiger partial charge in [-0.2, -0.15) is 0 Å². The van der Waals surface area contributed by atoms with E-state index in [0.29, 0.717) is 15.8 Å². The lowest BCUT2D eigenvalue weighted by molar-refractivity contribution is 0.0971. The fourth-order valence-electron chi connectivity index (χ4n) is 3.28. The fraction of sp³-hybridized carbons (Fsp3) is 0.174. The van der Waals surface area contributed by atoms with Crippen LogP contribution in [0, 0.1) is 13.8 Å². The Morgan fingerprint density at radius 3 is 2.14 bits per heavy atom. The van der Waals surface area contributed by atoms with E-state index in [-0.39, 0.29) is 24.4 Å². The van der Waals surface area contributed by atoms with E-state index in [2.05, 4.69) is 0 Å². The summed E-state index contributed by atoms with van der Waals surface area (Å²) in [4.78, 5) is 38.9. The van der Waals surface area contributed by atoms with Gasteiger partial charge >= 0.3 is 5.69 Å². The minimum atomic E-state index is -0.470. The highest BCUT2D eigenvalue weighted by atomic mass is 32.1. The van der Waals surface area contributed by atoms with Crippen molar-refractivity contribution in [2.75, 3.05) is 0 Å². The average Bonchev–Trinajstić information content (AvgIpc) is 3.20. The monoisotopic (exact) mass is 404 g/mol. The van der Waals surface area contributed by atoms with Crippen LogP contribution in [0.3, 0.4) is 0 Å². The van der Waals surface area contributed by atoms with E-state index >= 15 is 0 Å². The number of aryl methyl sites for hydroxylation is 2. The maximum atomic E-state index is 13.2. The smallest absolute Gasteiger partial charge is 0.292 e. The Hall–Kier alpha value is -3.25. The summed E-state index contributed by atoms with van der Waals surface area (Å²) in [6, 6.07) is 16.7. The van der Waals surface area contributed by atoms with Gasteiger partial charge in [-0.1, -0.05) is 59.7 Å². The summed E-state index contributed by atoms with van der Waals surface area (Å²) in [5.74, 6) is -0.167. The molecule has 0 atom stereocenters. The van der Waals surface area contributed by atoms with Crippen LogP contribution in [0.15, 0.2) is 69.6 Å². The predicted molar refractivity (Wildman–Crippen MR) is 116 cm³/mol. The highest BCUT2D eigenvalue weighted by molar-refractivity contribution is 7.17. The summed E-state index contributed by atoms with van der Waals surface area (Å²) in [6.45, 7) is 4.00. The zero-order chi connectivity index (χ0) is 20.5. The molecule has 0 aliphatic heterocycles. The molecule has 146 valence electrons. The second kappa shape index (κ2) is 7.64. The first-order valence-corrected chi connectivity index (χ1v) is 10.2. The van der Waals surface area contributed by atoms with Gasteiger partial charge in [0.1, 0.15) is 4.70 Å². The van der Waals surface area contributed by atoms with Crippen LogP contribution in [-0.2, 0) is 13.1 Å². The van der Waals surface area contributed by atoms with Crippen LogP contribution in [0.5, 0.6) is 0 Å². The highest BCUT2D eigenvalue weighted by Crippen LogP contribution is 2.16. The Bertz CT molecular complexity index is 1310. The zero-order valence-electron chi connectivity index (χ0n) is 16.2. The zero-order valence-corrected chi connectivity index (χ0v) is 17.0. The number of hydrogen-bond donors (Lipinski definition) is 0. The number of ketones is 1. The number of hydrogen-bond acceptors (Lipinski definition) is 4. The van der Waals surface area contributed by atoms with E-state index in [0.717, 1.165) is 16.7 Å². The van der Waals surface area contributed by atoms with Gasteiger partial charge in [0.15, 0.2) is 5.78 Å². The number of rotatable bonds is 5. The number of benzene rings is 2. The first-order chi connectivity index (χ1) is 13.9. The van der Waals surface area contributed by atoms with E-state index < -0.39 is 5.69 Å². The SMILES string of the molecule is Cc1ccc(Cn2c(=O)c3sccc3n(CC(=O)c3ccc(C)cc3)c2=O)cc1. The number of thiophene rings is 1. The third-order valence-electron chi connectivity index (χ3n) is 4.97. The number of Topliss-reactive ketones (excluding diaryl/α,β-unsaturated/α-hetero) is 1. The normalized spacial score (nSPS) is 11.1. The quantitative estimate of drug-likeness (QED) is 0.476. The molecule has 5 nitrogen and oxygen atoms in total. The Morgan fingerprint density at radius 1 is 0.862 bits per heavy atom. The van der Waals surface area contributed by atoms with E-state index in [1.165, 1.54) is 20.5 Å². The molecular formula is C23H20N2O3S. The highest BCUT2D eigenvalue weighted by Gasteiger charge is 2.17. The maximum absolute atomic E-state index is 13.2. The fourth-order valence-corrected chi connectivity index (χ4v) is 4.12. The van der Waals surface area contributed by atoms with E-state index in [1.54, 1.807) is 23.6 Å². The van der Waals surface area contributed by atoms with Crippen molar-refractivity contribution in [3.05, 3.63) is 103 Å². The lowest BCUT2D eigenvalue weighted by atomic mass is 10.1. The third kappa shape index (κ3) is 3.71. The molecule has 4 rings (SSSR count). The van der Waals surface area contributed by atoms with Crippen molar-refractivity contribution >= 4 is 27.3 Å². The van der Waals surface area contributed by atoms with Gasteiger partial charge in [0, 0.05) is 5.56 Å². The van der Waals surface area contributed by atoms with Gasteiger partial charge in [0.2, 0.25) is 0 Å². The molecule has 2 aromatic heterocycles. The summed E-state index contributed by atoms with van der Waals surface area (Å²) < 4.78 is 3.10. The summed E-state index contributed by atoms with van der Waals surface area (Å²) in [5, 5.41) is 1.77. The molecule has 2 aromatic carbocycles. The van der Waals surface area contributed by atoms with Crippen molar-refractivity contribution in [1.29, 1.82) is 0 Å². The van der Waals surface area contributed by atoms with Crippen molar-refractivity contribution in [3.8, 4) is 0 Å². The second-order valence-corrected chi connectivity index (χ2v) is 8.09. The third-order valence-corrected chi connectivity index (χ3v) is 5.86. The lowest BCUT2D eigenvalue weighted by Gasteiger charge is -2.12. The number of nitrogens with zero attached hydrogens (tertiary/aromatic N) is 2. The molecule has 0 spiro atoms. The minimum absolute atomic E-state index is 0.108. The molecule has 2 heterocycles. The number of aromatic nitrogens is 2. The van der Waals surface area contributed by atoms with Gasteiger partial charge in [-0.05, 0) is 30.9 Å². The Morgan fingerprint density at radius 2 is 1.48 bits per heavy atom. The van der Waals surface area contributed by atoms with Gasteiger partial charge in [-0.3, -0.25) is 18.7 Å². The molecular weight excluding hydrogens is 384 g/mol.